The van der Waals surface area contributed by atoms with Gasteiger partial charge in [0.2, 0.25) is 5.82 Å². The average molecular weight is 388 g/mol. The van der Waals surface area contributed by atoms with Crippen LogP contribution in [0.2, 0.25) is 0 Å². The van der Waals surface area contributed by atoms with Crippen molar-refractivity contribution in [3.05, 3.63) is 72.4 Å². The zero-order valence-electron chi connectivity index (χ0n) is 16.1. The number of nitrogens with zero attached hydrogens (tertiary/aromatic N) is 3. The monoisotopic (exact) mass is 388 g/mol. The number of nitrogens with one attached hydrogen (secondary N) is 1. The number of para-hydroxylation sites is 1. The van der Waals surface area contributed by atoms with Gasteiger partial charge in [-0.3, -0.25) is 0 Å². The quantitative estimate of drug-likeness (QED) is 0.501. The topological polar surface area (TPSA) is 82.3 Å². The fourth-order valence-corrected chi connectivity index (χ4v) is 2.94. The van der Waals surface area contributed by atoms with Crippen LogP contribution < -0.4 is 14.8 Å². The van der Waals surface area contributed by atoms with E-state index in [2.05, 4.69) is 20.4 Å². The third-order valence-electron chi connectivity index (χ3n) is 4.45. The molecule has 2 aromatic carbocycles. The number of aromatic nitrogens is 3. The molecule has 7 nitrogen and oxygen atoms in total. The van der Waals surface area contributed by atoms with Gasteiger partial charge in [-0.15, -0.1) is 0 Å². The molecule has 146 valence electrons. The minimum absolute atomic E-state index is 0.395. The second kappa shape index (κ2) is 8.43. The van der Waals surface area contributed by atoms with Crippen LogP contribution in [0.15, 0.2) is 71.4 Å². The highest BCUT2D eigenvalue weighted by Gasteiger charge is 2.15. The molecule has 4 aromatic rings. The maximum atomic E-state index is 5.50. The molecule has 7 heteroatoms. The standard InChI is InChI=1S/C22H20N4O3/c1-27-17-11-9-15(10-12-17)20-25-22(29-26-20)18-7-5-13-23-21(18)24-14-16-6-3-4-8-19(16)28-2/h3-13H,14H2,1-2H3,(H,23,24). The Labute approximate surface area is 168 Å². The van der Waals surface area contributed by atoms with Gasteiger partial charge in [0.15, 0.2) is 0 Å². The minimum Gasteiger partial charge on any atom is -0.497 e. The maximum Gasteiger partial charge on any atom is 0.261 e. The maximum absolute atomic E-state index is 5.50. The molecule has 2 heterocycles. The number of ether oxygens (including phenoxy) is 2. The smallest absolute Gasteiger partial charge is 0.261 e. The summed E-state index contributed by atoms with van der Waals surface area (Å²) in [6, 6.07) is 19.0. The van der Waals surface area contributed by atoms with E-state index in [-0.39, 0.29) is 0 Å². The first-order chi connectivity index (χ1) is 14.3. The molecule has 0 unspecified atom stereocenters. The van der Waals surface area contributed by atoms with Gasteiger partial charge < -0.3 is 19.3 Å². The predicted molar refractivity (Wildman–Crippen MR) is 110 cm³/mol. The molecule has 0 amide bonds. The lowest BCUT2D eigenvalue weighted by Gasteiger charge is -2.11. The summed E-state index contributed by atoms with van der Waals surface area (Å²) in [5.74, 6) is 3.14. The van der Waals surface area contributed by atoms with Crippen molar-refractivity contribution < 1.29 is 14.0 Å². The summed E-state index contributed by atoms with van der Waals surface area (Å²) < 4.78 is 16.1. The van der Waals surface area contributed by atoms with Gasteiger partial charge in [-0.05, 0) is 42.5 Å². The molecule has 1 N–H and O–H groups in total. The second-order valence-electron chi connectivity index (χ2n) is 6.22. The van der Waals surface area contributed by atoms with Crippen molar-refractivity contribution in [1.29, 1.82) is 0 Å². The van der Waals surface area contributed by atoms with Gasteiger partial charge in [0.25, 0.3) is 5.89 Å². The van der Waals surface area contributed by atoms with Crippen LogP contribution in [0.5, 0.6) is 11.5 Å². The molecule has 0 spiro atoms. The van der Waals surface area contributed by atoms with Crippen molar-refractivity contribution in [2.75, 3.05) is 19.5 Å². The number of hydrogen-bond acceptors (Lipinski definition) is 7. The summed E-state index contributed by atoms with van der Waals surface area (Å²) in [5.41, 5.74) is 2.60. The first-order valence-electron chi connectivity index (χ1n) is 9.08. The SMILES string of the molecule is COc1ccc(-c2noc(-c3cccnc3NCc3ccccc3OC)n2)cc1. The summed E-state index contributed by atoms with van der Waals surface area (Å²) in [6.07, 6.45) is 1.72. The highest BCUT2D eigenvalue weighted by atomic mass is 16.5. The molecule has 0 bridgehead atoms. The van der Waals surface area contributed by atoms with Crippen LogP contribution >= 0.6 is 0 Å². The second-order valence-corrected chi connectivity index (χ2v) is 6.22. The Hall–Kier alpha value is -3.87. The average Bonchev–Trinajstić information content (AvgIpc) is 3.28. The van der Waals surface area contributed by atoms with Gasteiger partial charge in [0.05, 0.1) is 19.8 Å². The van der Waals surface area contributed by atoms with Crippen LogP contribution in [0, 0.1) is 0 Å². The van der Waals surface area contributed by atoms with E-state index in [1.165, 1.54) is 0 Å². The molecule has 0 aliphatic rings. The molecule has 0 radical (unpaired) electrons. The molecule has 29 heavy (non-hydrogen) atoms. The number of methoxy groups -OCH3 is 2. The normalized spacial score (nSPS) is 10.6. The van der Waals surface area contributed by atoms with Crippen LogP contribution in [0.4, 0.5) is 5.82 Å². The number of anilines is 1. The van der Waals surface area contributed by atoms with Gasteiger partial charge >= 0.3 is 0 Å². The minimum atomic E-state index is 0.395. The first-order valence-corrected chi connectivity index (χ1v) is 9.08. The van der Waals surface area contributed by atoms with Crippen LogP contribution in [-0.4, -0.2) is 29.3 Å². The summed E-state index contributed by atoms with van der Waals surface area (Å²) in [6.45, 7) is 0.549. The first kappa shape index (κ1) is 18.5. The Kier molecular flexibility index (Phi) is 5.38. The zero-order valence-corrected chi connectivity index (χ0v) is 16.1. The lowest BCUT2D eigenvalue weighted by atomic mass is 10.2. The molecular weight excluding hydrogens is 368 g/mol. The van der Waals surface area contributed by atoms with Gasteiger partial charge in [-0.1, -0.05) is 23.4 Å². The van der Waals surface area contributed by atoms with E-state index in [0.29, 0.717) is 24.1 Å². The van der Waals surface area contributed by atoms with Crippen molar-refractivity contribution >= 4 is 5.82 Å². The molecule has 0 fully saturated rings. The van der Waals surface area contributed by atoms with E-state index >= 15 is 0 Å². The largest absolute Gasteiger partial charge is 0.497 e. The van der Waals surface area contributed by atoms with Crippen molar-refractivity contribution in [3.8, 4) is 34.3 Å². The van der Waals surface area contributed by atoms with Crippen LogP contribution in [0.25, 0.3) is 22.8 Å². The summed E-state index contributed by atoms with van der Waals surface area (Å²) in [4.78, 5) is 8.97. The Bertz CT molecular complexity index is 1090. The molecule has 0 atom stereocenters. The molecule has 4 rings (SSSR count). The van der Waals surface area contributed by atoms with Crippen LogP contribution in [-0.2, 0) is 6.54 Å². The van der Waals surface area contributed by atoms with Crippen molar-refractivity contribution in [1.82, 2.24) is 15.1 Å². The molecular formula is C22H20N4O3. The van der Waals surface area contributed by atoms with E-state index in [1.54, 1.807) is 20.4 Å². The third-order valence-corrected chi connectivity index (χ3v) is 4.45. The Morgan fingerprint density at radius 2 is 1.76 bits per heavy atom. The number of hydrogen-bond donors (Lipinski definition) is 1. The molecule has 0 aliphatic heterocycles. The van der Waals surface area contributed by atoms with Crippen LogP contribution in [0.1, 0.15) is 5.56 Å². The van der Waals surface area contributed by atoms with Crippen molar-refractivity contribution in [3.63, 3.8) is 0 Å². The van der Waals surface area contributed by atoms with E-state index in [0.717, 1.165) is 28.2 Å². The van der Waals surface area contributed by atoms with Crippen LogP contribution in [0.3, 0.4) is 0 Å². The Morgan fingerprint density at radius 3 is 2.55 bits per heavy atom. The number of rotatable bonds is 7. The van der Waals surface area contributed by atoms with Gasteiger partial charge in [0.1, 0.15) is 17.3 Å². The lowest BCUT2D eigenvalue weighted by Crippen LogP contribution is -2.04. The molecule has 0 aliphatic carbocycles. The lowest BCUT2D eigenvalue weighted by molar-refractivity contribution is 0.410. The zero-order chi connectivity index (χ0) is 20.1. The number of benzene rings is 2. The van der Waals surface area contributed by atoms with E-state index in [9.17, 15) is 0 Å². The van der Waals surface area contributed by atoms with E-state index < -0.39 is 0 Å². The predicted octanol–water partition coefficient (Wildman–Crippen LogP) is 4.43. The fraction of sp³-hybridized carbons (Fsp3) is 0.136. The molecule has 0 saturated carbocycles. The summed E-state index contributed by atoms with van der Waals surface area (Å²) >= 11 is 0. The van der Waals surface area contributed by atoms with E-state index in [4.69, 9.17) is 14.0 Å². The molecule has 2 aromatic heterocycles. The third kappa shape index (κ3) is 4.03. The highest BCUT2D eigenvalue weighted by Crippen LogP contribution is 2.28. The summed E-state index contributed by atoms with van der Waals surface area (Å²) in [7, 11) is 3.29. The van der Waals surface area contributed by atoms with E-state index in [1.807, 2.05) is 60.7 Å². The Balaban J connectivity index is 1.57. The van der Waals surface area contributed by atoms with Gasteiger partial charge in [0, 0.05) is 23.9 Å². The Morgan fingerprint density at radius 1 is 0.931 bits per heavy atom. The molecule has 0 saturated heterocycles. The fourth-order valence-electron chi connectivity index (χ4n) is 2.94. The van der Waals surface area contributed by atoms with Gasteiger partial charge in [-0.2, -0.15) is 4.98 Å². The van der Waals surface area contributed by atoms with Crippen molar-refractivity contribution in [2.24, 2.45) is 0 Å². The highest BCUT2D eigenvalue weighted by molar-refractivity contribution is 5.70. The number of pyridine rings is 1. The van der Waals surface area contributed by atoms with Crippen molar-refractivity contribution in [2.45, 2.75) is 6.54 Å². The van der Waals surface area contributed by atoms with Gasteiger partial charge in [-0.25, -0.2) is 4.98 Å². The summed E-state index contributed by atoms with van der Waals surface area (Å²) in [5, 5.41) is 7.43.